The van der Waals surface area contributed by atoms with E-state index in [0.29, 0.717) is 19.3 Å². The van der Waals surface area contributed by atoms with Gasteiger partial charge in [-0.1, -0.05) is 309 Å². The Morgan fingerprint density at radius 3 is 0.812 bits per heavy atom. The van der Waals surface area contributed by atoms with Crippen molar-refractivity contribution in [3.63, 3.8) is 0 Å². The number of hydrogen-bond acceptors (Lipinski definition) is 6. The highest BCUT2D eigenvalue weighted by atomic mass is 16.6. The van der Waals surface area contributed by atoms with Crippen LogP contribution in [0.1, 0.15) is 297 Å². The molecular formula is C74H122O6. The number of allylic oxidation sites excluding steroid dienone is 22. The van der Waals surface area contributed by atoms with Gasteiger partial charge in [0.15, 0.2) is 6.10 Å². The number of carbonyl (C=O) groups is 3. The zero-order chi connectivity index (χ0) is 57.8. The SMILES string of the molecule is CC/C=C\C/C=C\C/C=C\C/C=C\C/C=C\C/C=C\CCC(=O)OC(COC(=O)CCCCCCCCCCCCC/C=C\C/C=C\C/C=C\C/C=C\C/C=C\CC)COC(=O)CCCCCCCCCCCCCCCCCC. The fraction of sp³-hybridized carbons (Fsp3) is 0.662. The van der Waals surface area contributed by atoms with Gasteiger partial charge < -0.3 is 14.2 Å². The Bertz CT molecular complexity index is 1700. The predicted molar refractivity (Wildman–Crippen MR) is 348 cm³/mol. The minimum Gasteiger partial charge on any atom is -0.462 e. The van der Waals surface area contributed by atoms with Crippen LogP contribution in [0.15, 0.2) is 134 Å². The number of rotatable bonds is 59. The molecule has 0 aromatic carbocycles. The van der Waals surface area contributed by atoms with Crippen LogP contribution in [0, 0.1) is 0 Å². The average molecular weight is 1110 g/mol. The van der Waals surface area contributed by atoms with Crippen LogP contribution < -0.4 is 0 Å². The molecule has 0 fully saturated rings. The molecule has 0 N–H and O–H groups in total. The number of unbranched alkanes of at least 4 members (excludes halogenated alkanes) is 26. The van der Waals surface area contributed by atoms with Crippen molar-refractivity contribution in [2.45, 2.75) is 303 Å². The number of hydrogen-bond donors (Lipinski definition) is 0. The zero-order valence-electron chi connectivity index (χ0n) is 52.0. The van der Waals surface area contributed by atoms with E-state index in [1.807, 2.05) is 6.08 Å². The van der Waals surface area contributed by atoms with Crippen LogP contribution in [-0.4, -0.2) is 37.2 Å². The molecule has 0 heterocycles. The quantitative estimate of drug-likeness (QED) is 0.0261. The van der Waals surface area contributed by atoms with E-state index < -0.39 is 12.1 Å². The lowest BCUT2D eigenvalue weighted by Gasteiger charge is -2.18. The van der Waals surface area contributed by atoms with Crippen LogP contribution in [0.3, 0.4) is 0 Å². The molecule has 0 amide bonds. The zero-order valence-corrected chi connectivity index (χ0v) is 52.0. The number of carbonyl (C=O) groups excluding carboxylic acids is 3. The molecule has 0 radical (unpaired) electrons. The largest absolute Gasteiger partial charge is 0.462 e. The predicted octanol–water partition coefficient (Wildman–Crippen LogP) is 22.9. The second-order valence-electron chi connectivity index (χ2n) is 21.6. The van der Waals surface area contributed by atoms with Crippen LogP contribution in [0.25, 0.3) is 0 Å². The lowest BCUT2D eigenvalue weighted by atomic mass is 10.0. The topological polar surface area (TPSA) is 78.9 Å². The van der Waals surface area contributed by atoms with Gasteiger partial charge in [0, 0.05) is 19.3 Å². The lowest BCUT2D eigenvalue weighted by molar-refractivity contribution is -0.166. The van der Waals surface area contributed by atoms with Crippen LogP contribution >= 0.6 is 0 Å². The van der Waals surface area contributed by atoms with Gasteiger partial charge in [-0.15, -0.1) is 0 Å². The van der Waals surface area contributed by atoms with Crippen LogP contribution in [-0.2, 0) is 28.6 Å². The van der Waals surface area contributed by atoms with E-state index in [2.05, 4.69) is 148 Å². The van der Waals surface area contributed by atoms with E-state index in [-0.39, 0.29) is 31.6 Å². The Morgan fingerprint density at radius 2 is 0.512 bits per heavy atom. The first-order valence-corrected chi connectivity index (χ1v) is 33.2. The third-order valence-electron chi connectivity index (χ3n) is 13.9. The summed E-state index contributed by atoms with van der Waals surface area (Å²) in [5.74, 6) is -0.990. The third kappa shape index (κ3) is 64.4. The van der Waals surface area contributed by atoms with Gasteiger partial charge in [-0.3, -0.25) is 14.4 Å². The number of ether oxygens (including phenoxy) is 3. The molecule has 0 spiro atoms. The Hall–Kier alpha value is -4.45. The second kappa shape index (κ2) is 67.1. The highest BCUT2D eigenvalue weighted by Crippen LogP contribution is 2.16. The highest BCUT2D eigenvalue weighted by Gasteiger charge is 2.19. The van der Waals surface area contributed by atoms with Crippen molar-refractivity contribution < 1.29 is 28.6 Å². The molecule has 0 saturated carbocycles. The van der Waals surface area contributed by atoms with E-state index in [1.54, 1.807) is 0 Å². The maximum Gasteiger partial charge on any atom is 0.306 e. The molecule has 80 heavy (non-hydrogen) atoms. The average Bonchev–Trinajstić information content (AvgIpc) is 3.46. The van der Waals surface area contributed by atoms with E-state index in [1.165, 1.54) is 141 Å². The van der Waals surface area contributed by atoms with Crippen molar-refractivity contribution in [1.82, 2.24) is 0 Å². The Morgan fingerprint density at radius 1 is 0.263 bits per heavy atom. The molecule has 0 bridgehead atoms. The van der Waals surface area contributed by atoms with Crippen molar-refractivity contribution in [2.75, 3.05) is 13.2 Å². The maximum atomic E-state index is 12.9. The standard InChI is InChI=1S/C74H122O6/c1-4-7-10-13-16-19-22-25-28-31-33-34-35-36-37-38-39-40-42-43-46-49-52-55-58-61-64-67-73(76)79-70-71(69-78-72(75)66-63-60-57-54-51-48-45-30-27-24-21-18-15-12-9-6-3)80-74(77)68-65-62-59-56-53-50-47-44-41-32-29-26-23-20-17-14-11-8-5-2/h7-8,10-11,16-17,19-20,25-26,28-29,33-34,36-37,41,44,50,53,59,62,71H,4-6,9,12-15,18,21-24,27,30-32,35,38-40,42-43,45-49,51-52,54-58,60-61,63-70H2,1-3H3/b10-7-,11-8-,19-16-,20-17-,28-25-,29-26-,34-33-,37-36-,44-41-,53-50-,62-59-. The Kier molecular flexibility index (Phi) is 63.3. The van der Waals surface area contributed by atoms with Crippen LogP contribution in [0.5, 0.6) is 0 Å². The van der Waals surface area contributed by atoms with Gasteiger partial charge in [0.1, 0.15) is 13.2 Å². The van der Waals surface area contributed by atoms with E-state index in [0.717, 1.165) is 109 Å². The molecular weight excluding hydrogens is 985 g/mol. The van der Waals surface area contributed by atoms with Gasteiger partial charge in [-0.25, -0.2) is 0 Å². The molecule has 0 aliphatic heterocycles. The summed E-state index contributed by atoms with van der Waals surface area (Å²) in [6.45, 7) is 6.37. The summed E-state index contributed by atoms with van der Waals surface area (Å²) in [5, 5.41) is 0. The molecule has 0 aliphatic rings. The van der Waals surface area contributed by atoms with Crippen molar-refractivity contribution in [1.29, 1.82) is 0 Å². The van der Waals surface area contributed by atoms with Crippen molar-refractivity contribution in [2.24, 2.45) is 0 Å². The first-order valence-electron chi connectivity index (χ1n) is 33.2. The van der Waals surface area contributed by atoms with Gasteiger partial charge in [-0.2, -0.15) is 0 Å². The van der Waals surface area contributed by atoms with Crippen molar-refractivity contribution >= 4 is 17.9 Å². The summed E-state index contributed by atoms with van der Waals surface area (Å²) >= 11 is 0. The molecule has 0 saturated heterocycles. The molecule has 0 aliphatic carbocycles. The molecule has 1 unspecified atom stereocenters. The summed E-state index contributed by atoms with van der Waals surface area (Å²) in [4.78, 5) is 38.3. The highest BCUT2D eigenvalue weighted by molar-refractivity contribution is 5.71. The lowest BCUT2D eigenvalue weighted by Crippen LogP contribution is -2.30. The van der Waals surface area contributed by atoms with Crippen LogP contribution in [0.2, 0.25) is 0 Å². The monoisotopic (exact) mass is 1110 g/mol. The molecule has 1 atom stereocenters. The molecule has 6 heteroatoms. The van der Waals surface area contributed by atoms with Gasteiger partial charge in [0.05, 0.1) is 0 Å². The summed E-state index contributed by atoms with van der Waals surface area (Å²) in [7, 11) is 0. The molecule has 0 aromatic rings. The Balaban J connectivity index is 4.43. The van der Waals surface area contributed by atoms with Gasteiger partial charge >= 0.3 is 17.9 Å². The Labute approximate surface area is 494 Å². The first kappa shape index (κ1) is 75.5. The van der Waals surface area contributed by atoms with E-state index >= 15 is 0 Å². The normalized spacial score (nSPS) is 13.0. The third-order valence-corrected chi connectivity index (χ3v) is 13.9. The van der Waals surface area contributed by atoms with E-state index in [4.69, 9.17) is 14.2 Å². The maximum absolute atomic E-state index is 12.9. The second-order valence-corrected chi connectivity index (χ2v) is 21.6. The smallest absolute Gasteiger partial charge is 0.306 e. The summed E-state index contributed by atoms with van der Waals surface area (Å²) in [6, 6.07) is 0. The molecule has 454 valence electrons. The summed E-state index contributed by atoms with van der Waals surface area (Å²) < 4.78 is 16.9. The van der Waals surface area contributed by atoms with Crippen LogP contribution in [0.4, 0.5) is 0 Å². The van der Waals surface area contributed by atoms with Gasteiger partial charge in [-0.05, 0) is 103 Å². The van der Waals surface area contributed by atoms with Crippen molar-refractivity contribution in [3.8, 4) is 0 Å². The molecule has 0 rings (SSSR count). The summed E-state index contributed by atoms with van der Waals surface area (Å²) in [6.07, 6.45) is 94.7. The van der Waals surface area contributed by atoms with E-state index in [9.17, 15) is 14.4 Å². The first-order chi connectivity index (χ1) is 39.5. The van der Waals surface area contributed by atoms with Gasteiger partial charge in [0.2, 0.25) is 0 Å². The molecule has 6 nitrogen and oxygen atoms in total. The van der Waals surface area contributed by atoms with Gasteiger partial charge in [0.25, 0.3) is 0 Å². The fourth-order valence-corrected chi connectivity index (χ4v) is 9.03. The number of esters is 3. The minimum atomic E-state index is -0.824. The minimum absolute atomic E-state index is 0.109. The summed E-state index contributed by atoms with van der Waals surface area (Å²) in [5.41, 5.74) is 0. The fourth-order valence-electron chi connectivity index (χ4n) is 9.03. The molecule has 0 aromatic heterocycles. The van der Waals surface area contributed by atoms with Crippen molar-refractivity contribution in [3.05, 3.63) is 134 Å².